The third-order valence-corrected chi connectivity index (χ3v) is 24.5. The van der Waals surface area contributed by atoms with E-state index in [1.54, 1.807) is 105 Å². The molecule has 41 heteroatoms. The van der Waals surface area contributed by atoms with Gasteiger partial charge in [-0.2, -0.15) is 0 Å². The molecule has 0 aliphatic carbocycles. The van der Waals surface area contributed by atoms with Gasteiger partial charge in [-0.15, -0.1) is 11.8 Å². The van der Waals surface area contributed by atoms with Gasteiger partial charge in [0.05, 0.1) is 38.2 Å². The summed E-state index contributed by atoms with van der Waals surface area (Å²) in [5, 5.41) is 47.2. The monoisotopic (exact) mass is 1850 g/mol. The number of aliphatic hydroxyl groups excluding tert-OH is 1. The number of carbonyl (C=O) groups excluding carboxylic acids is 17. The van der Waals surface area contributed by atoms with Crippen LogP contribution in [0.1, 0.15) is 147 Å². The molecular formula is C91H128N22O18S. The Balaban J connectivity index is 1.18. The number of benzene rings is 3. The van der Waals surface area contributed by atoms with Crippen LogP contribution in [-0.2, 0) is 107 Å². The molecule has 3 aromatic heterocycles. The van der Waals surface area contributed by atoms with E-state index in [1.165, 1.54) is 64.4 Å². The van der Waals surface area contributed by atoms with Crippen LogP contribution in [-0.4, -0.2) is 301 Å². The average molecular weight is 1850 g/mol. The third kappa shape index (κ3) is 30.2. The average Bonchev–Trinajstić information content (AvgIpc) is 1.48. The molecule has 0 radical (unpaired) electrons. The lowest BCUT2D eigenvalue weighted by Crippen LogP contribution is -2.60. The van der Waals surface area contributed by atoms with Gasteiger partial charge < -0.3 is 109 Å². The van der Waals surface area contributed by atoms with Crippen LogP contribution >= 0.6 is 11.8 Å². The first kappa shape index (κ1) is 104. The summed E-state index contributed by atoms with van der Waals surface area (Å²) in [6.45, 7) is 7.59. The maximum Gasteiger partial charge on any atom is 0.246 e. The van der Waals surface area contributed by atoms with E-state index in [9.17, 15) is 62.6 Å². The smallest absolute Gasteiger partial charge is 0.246 e. The molecule has 6 aromatic rings. The Morgan fingerprint density at radius 1 is 0.576 bits per heavy atom. The van der Waals surface area contributed by atoms with Crippen molar-refractivity contribution < 1.29 is 86.6 Å². The van der Waals surface area contributed by atoms with Crippen molar-refractivity contribution in [3.05, 3.63) is 126 Å². The Kier molecular flexibility index (Phi) is 40.2. The summed E-state index contributed by atoms with van der Waals surface area (Å²) in [6, 6.07) is 4.95. The molecule has 716 valence electrons. The largest absolute Gasteiger partial charge is 0.394 e. The number of amides is 15. The lowest BCUT2D eigenvalue weighted by Gasteiger charge is -2.36. The molecule has 5 heterocycles. The molecule has 15 amide bonds. The van der Waals surface area contributed by atoms with Crippen molar-refractivity contribution in [3.8, 4) is 0 Å². The number of primary amides is 1. The molecule has 132 heavy (non-hydrogen) atoms. The molecule has 2 aliphatic rings. The van der Waals surface area contributed by atoms with Crippen LogP contribution in [0, 0.1) is 17.2 Å². The van der Waals surface area contributed by atoms with Gasteiger partial charge in [0.1, 0.15) is 78.3 Å². The first-order chi connectivity index (χ1) is 62.9. The number of likely N-dealkylation sites (N-methyl/N-ethyl adjacent to an activating group) is 4. The van der Waals surface area contributed by atoms with Crippen LogP contribution in [0.15, 0.2) is 104 Å². The van der Waals surface area contributed by atoms with Gasteiger partial charge in [0.15, 0.2) is 11.7 Å². The molecular weight excluding hydrogens is 1720 g/mol. The number of nitrogens with zero attached hydrogens (tertiary/aromatic N) is 6. The van der Waals surface area contributed by atoms with E-state index in [1.807, 2.05) is 13.8 Å². The summed E-state index contributed by atoms with van der Waals surface area (Å²) in [4.78, 5) is 268. The van der Waals surface area contributed by atoms with Crippen molar-refractivity contribution in [1.29, 1.82) is 5.41 Å². The summed E-state index contributed by atoms with van der Waals surface area (Å²) in [6.07, 6.45) is 5.85. The zero-order valence-electron chi connectivity index (χ0n) is 76.5. The van der Waals surface area contributed by atoms with Gasteiger partial charge in [-0.05, 0) is 100.0 Å². The van der Waals surface area contributed by atoms with Crippen LogP contribution in [0.4, 0.5) is 0 Å². The highest BCUT2D eigenvalue weighted by Gasteiger charge is 2.44. The second-order valence-corrected chi connectivity index (χ2v) is 35.2. The minimum absolute atomic E-state index is 0.00216. The molecule has 0 unspecified atom stereocenters. The molecule has 8 rings (SSSR count). The molecule has 2 saturated heterocycles. The van der Waals surface area contributed by atoms with Gasteiger partial charge in [-0.3, -0.25) is 86.9 Å². The van der Waals surface area contributed by atoms with Crippen LogP contribution < -0.4 is 64.6 Å². The highest BCUT2D eigenvalue weighted by atomic mass is 32.2. The topological polar surface area (TPSA) is 583 Å². The maximum absolute atomic E-state index is 15.7. The standard InChI is InChI=1S/C91H128N22O18S/c1-11-13-31-73-84(125)102-65(30-22-34-96-91(93)94)81(122)108-72(80(121)99-43-53(5)115)49-132-50-77(118)101-68(37-55-24-16-15-17-25-55)87(128)110(8)54(6)78(119)104-70(42-76(92)117)89(130)113-35-23-33-74(113)85(126)103-66(41-59-46-95-51-100-59)82(123)105-67(36-52(3)4)86(127)109(7)47-60(116)39-56(38-57-44-97-63-28-20-18-26-61(57)63)79(120)107-71(48-114)83(124)106-69(40-58-45-98-64-29-21-19-27-62(58)64)88(129)112(10)75(32-14-12-2)90(131)111(73)9/h15-21,24-29,44-46,51-52,54,56,65-75,97-98,114H,11-14,22-23,30-43,47-50H2,1-10H3,(H2,92,117)(H,95,100)(H,99,121)(H,101,118)(H,102,125)(H,103,126)(H,104,119)(H,105,123)(H,106,124)(H,107,120)(H,108,122)(H4,93,94,96)/t54-,56+,65-,66-,67-,68-,69-,70-,71-,72-,73-,74-,75-/m0/s1. The molecule has 3 aromatic carbocycles. The summed E-state index contributed by atoms with van der Waals surface area (Å²) in [7, 11) is 5.33. The van der Waals surface area contributed by atoms with Crippen molar-refractivity contribution in [2.75, 3.05) is 72.5 Å². The summed E-state index contributed by atoms with van der Waals surface area (Å²) in [5.41, 5.74) is 14.8. The summed E-state index contributed by atoms with van der Waals surface area (Å²) < 4.78 is 0. The highest BCUT2D eigenvalue weighted by Crippen LogP contribution is 2.27. The Labute approximate surface area is 770 Å². The predicted octanol–water partition coefficient (Wildman–Crippen LogP) is 0.0565. The Bertz CT molecular complexity index is 5050. The number of carbonyl (C=O) groups is 17. The number of H-pyrrole nitrogens is 3. The van der Waals surface area contributed by atoms with Gasteiger partial charge in [-0.25, -0.2) is 4.98 Å². The third-order valence-electron chi connectivity index (χ3n) is 23.5. The molecule has 2 aliphatic heterocycles. The zero-order chi connectivity index (χ0) is 96.6. The number of aliphatic hydroxyl groups is 1. The van der Waals surface area contributed by atoms with Crippen LogP contribution in [0.5, 0.6) is 0 Å². The molecule has 19 N–H and O–H groups in total. The van der Waals surface area contributed by atoms with Crippen molar-refractivity contribution in [1.82, 2.24) is 97.6 Å². The van der Waals surface area contributed by atoms with Crippen molar-refractivity contribution >= 4 is 140 Å². The quantitative estimate of drug-likeness (QED) is 0.0194. The summed E-state index contributed by atoms with van der Waals surface area (Å²) >= 11 is 0.828. The van der Waals surface area contributed by atoms with E-state index >= 15 is 24.0 Å². The first-order valence-corrected chi connectivity index (χ1v) is 45.8. The molecule has 2 fully saturated rings. The van der Waals surface area contributed by atoms with Gasteiger partial charge >= 0.3 is 0 Å². The number of nitrogens with one attached hydrogen (secondary N) is 14. The van der Waals surface area contributed by atoms with E-state index in [2.05, 4.69) is 73.1 Å². The number of aromatic nitrogens is 4. The number of thioether (sulfide) groups is 1. The lowest BCUT2D eigenvalue weighted by atomic mass is 9.92. The number of hydrogen-bond donors (Lipinski definition) is 17. The number of aromatic amines is 3. The van der Waals surface area contributed by atoms with Crippen LogP contribution in [0.2, 0.25) is 0 Å². The second kappa shape index (κ2) is 50.9. The lowest BCUT2D eigenvalue weighted by molar-refractivity contribution is -0.149. The number of guanidine groups is 1. The number of Topliss-reactive ketones (excluding diaryl/α,β-unsaturated/α-hetero) is 2. The fraction of sp³-hybridized carbons (Fsp3) is 0.527. The van der Waals surface area contributed by atoms with Gasteiger partial charge in [0.25, 0.3) is 0 Å². The highest BCUT2D eigenvalue weighted by molar-refractivity contribution is 8.00. The molecule has 40 nitrogen and oxygen atoms in total. The fourth-order valence-electron chi connectivity index (χ4n) is 16.1. The number of nitrogens with two attached hydrogens (primary N) is 2. The number of fused-ring (bicyclic) bond motifs is 3. The van der Waals surface area contributed by atoms with E-state index in [0.717, 1.165) is 26.5 Å². The number of unbranched alkanes of at least 4 members (excludes halogenated alkanes) is 2. The minimum Gasteiger partial charge on any atom is -0.394 e. The second-order valence-electron chi connectivity index (χ2n) is 34.2. The van der Waals surface area contributed by atoms with Crippen molar-refractivity contribution in [2.24, 2.45) is 23.3 Å². The minimum atomic E-state index is -1.81. The molecule has 0 spiro atoms. The van der Waals surface area contributed by atoms with E-state index in [0.29, 0.717) is 69.9 Å². The van der Waals surface area contributed by atoms with E-state index in [4.69, 9.17) is 16.9 Å². The number of hydrogen-bond acceptors (Lipinski definition) is 21. The van der Waals surface area contributed by atoms with Crippen molar-refractivity contribution in [2.45, 2.75) is 223 Å². The first-order valence-electron chi connectivity index (χ1n) is 44.6. The molecule has 0 saturated carbocycles. The number of imidazole rings is 1. The number of rotatable bonds is 26. The molecule has 0 bridgehead atoms. The zero-order valence-corrected chi connectivity index (χ0v) is 77.3. The van der Waals surface area contributed by atoms with Gasteiger partial charge in [0, 0.05) is 125 Å². The Morgan fingerprint density at radius 3 is 1.76 bits per heavy atom. The Morgan fingerprint density at radius 2 is 1.14 bits per heavy atom. The van der Waals surface area contributed by atoms with Crippen LogP contribution in [0.3, 0.4) is 0 Å². The summed E-state index contributed by atoms with van der Waals surface area (Å²) in [5.74, 6) is -17.1. The fourth-order valence-corrected chi connectivity index (χ4v) is 17.0. The van der Waals surface area contributed by atoms with E-state index < -0.39 is 223 Å². The number of ketones is 2. The SMILES string of the molecule is CCCC[C@H]1C(=O)N(C)[C@@H](CCCC)C(=O)N[C@@H](CCCNC(=N)N)C(=O)N[C@H](C(=O)NCC(C)=O)CSCC(=O)N[C@@H](Cc2ccccc2)C(=O)N(C)[C@@H](C)C(=O)N[C@@H](CC(N)=O)C(=O)N2CCC[C@H]2C(=O)N[C@@H](Cc2cnc[nH]2)C(=O)N[C@@H](CC(C)C)C(=O)N(C)CC(=O)C[C@@H](Cc2c[nH]c3ccccc23)C(=O)N[C@@H](CO)C(=O)N[C@@H](Cc2c[nH]c3ccccc23)C(=O)N1C. The molecule has 13 atom stereocenters. The van der Waals surface area contributed by atoms with Gasteiger partial charge in [-0.1, -0.05) is 120 Å². The van der Waals surface area contributed by atoms with Gasteiger partial charge in [0.2, 0.25) is 88.6 Å². The van der Waals surface area contributed by atoms with Crippen LogP contribution in [0.25, 0.3) is 21.8 Å². The number of para-hydroxylation sites is 2. The Hall–Kier alpha value is -13.1. The predicted molar refractivity (Wildman–Crippen MR) is 492 cm³/mol. The maximum atomic E-state index is 15.7. The van der Waals surface area contributed by atoms with E-state index in [-0.39, 0.29) is 95.4 Å². The van der Waals surface area contributed by atoms with Crippen molar-refractivity contribution in [3.63, 3.8) is 0 Å². The normalized spacial score (nSPS) is 23.6.